The third-order valence-corrected chi connectivity index (χ3v) is 3.85. The van der Waals surface area contributed by atoms with Crippen LogP contribution < -0.4 is 0 Å². The topological polar surface area (TPSA) is 33.1 Å². The summed E-state index contributed by atoms with van der Waals surface area (Å²) in [6.07, 6.45) is 10.9. The molecule has 2 aromatic rings. The lowest BCUT2D eigenvalue weighted by Gasteiger charge is -2.05. The number of aromatic nitrogens is 1. The van der Waals surface area contributed by atoms with Crippen molar-refractivity contribution in [3.63, 3.8) is 0 Å². The highest BCUT2D eigenvalue weighted by molar-refractivity contribution is 5.62. The Hall–Kier alpha value is -1.83. The van der Waals surface area contributed by atoms with Crippen LogP contribution in [0, 0.1) is 0 Å². The van der Waals surface area contributed by atoms with Crippen LogP contribution in [0.2, 0.25) is 0 Å². The molecule has 2 heteroatoms. The minimum atomic E-state index is 0.0680. The lowest BCUT2D eigenvalue weighted by Crippen LogP contribution is -1.87. The molecule has 0 unspecified atom stereocenters. The molecule has 0 aliphatic heterocycles. The standard InChI is InChI=1S/C19H25NO/c1-2-3-4-5-6-7-8-16-9-11-17(12-10-16)18-13-14-19(21)20-15-18/h9-15H,2-8H2,1H3,(H,20,21). The monoisotopic (exact) mass is 283 g/mol. The molecule has 2 rings (SSSR count). The van der Waals surface area contributed by atoms with Gasteiger partial charge in [0.2, 0.25) is 5.88 Å². The van der Waals surface area contributed by atoms with E-state index in [4.69, 9.17) is 0 Å². The number of benzene rings is 1. The first kappa shape index (κ1) is 15.6. The number of hydrogen-bond donors (Lipinski definition) is 1. The Morgan fingerprint density at radius 1 is 0.810 bits per heavy atom. The molecular weight excluding hydrogens is 258 g/mol. The van der Waals surface area contributed by atoms with Gasteiger partial charge in [0, 0.05) is 17.8 Å². The number of pyridine rings is 1. The van der Waals surface area contributed by atoms with E-state index in [-0.39, 0.29) is 5.88 Å². The van der Waals surface area contributed by atoms with Gasteiger partial charge >= 0.3 is 0 Å². The van der Waals surface area contributed by atoms with Gasteiger partial charge in [0.05, 0.1) is 0 Å². The highest BCUT2D eigenvalue weighted by Crippen LogP contribution is 2.21. The van der Waals surface area contributed by atoms with Crippen LogP contribution in [0.1, 0.15) is 51.0 Å². The lowest BCUT2D eigenvalue weighted by atomic mass is 10.0. The van der Waals surface area contributed by atoms with E-state index in [0.717, 1.165) is 11.1 Å². The van der Waals surface area contributed by atoms with E-state index in [9.17, 15) is 5.11 Å². The molecule has 0 radical (unpaired) electrons. The fourth-order valence-corrected chi connectivity index (χ4v) is 2.53. The van der Waals surface area contributed by atoms with Crippen molar-refractivity contribution in [2.45, 2.75) is 51.9 Å². The molecule has 0 bridgehead atoms. The Kier molecular flexibility index (Phi) is 6.26. The summed E-state index contributed by atoms with van der Waals surface area (Å²) in [5.74, 6) is 0.0680. The summed E-state index contributed by atoms with van der Waals surface area (Å²) >= 11 is 0. The molecule has 0 saturated carbocycles. The van der Waals surface area contributed by atoms with Crippen LogP contribution in [0.4, 0.5) is 0 Å². The fraction of sp³-hybridized carbons (Fsp3) is 0.421. The number of aromatic hydroxyl groups is 1. The average Bonchev–Trinajstić information content (AvgIpc) is 2.52. The molecule has 0 aliphatic rings. The van der Waals surface area contributed by atoms with Crippen molar-refractivity contribution in [1.82, 2.24) is 4.98 Å². The summed E-state index contributed by atoms with van der Waals surface area (Å²) in [4.78, 5) is 3.92. The van der Waals surface area contributed by atoms with Crippen LogP contribution in [-0.4, -0.2) is 10.1 Å². The Morgan fingerprint density at radius 2 is 1.48 bits per heavy atom. The second kappa shape index (κ2) is 8.46. The highest BCUT2D eigenvalue weighted by Gasteiger charge is 1.99. The molecule has 0 amide bonds. The molecule has 21 heavy (non-hydrogen) atoms. The zero-order valence-corrected chi connectivity index (χ0v) is 12.9. The summed E-state index contributed by atoms with van der Waals surface area (Å²) in [5.41, 5.74) is 3.59. The van der Waals surface area contributed by atoms with Crippen molar-refractivity contribution in [2.75, 3.05) is 0 Å². The van der Waals surface area contributed by atoms with E-state index >= 15 is 0 Å². The van der Waals surface area contributed by atoms with Crippen LogP contribution >= 0.6 is 0 Å². The molecule has 112 valence electrons. The van der Waals surface area contributed by atoms with Gasteiger partial charge in [-0.05, 0) is 30.0 Å². The SMILES string of the molecule is CCCCCCCCc1ccc(-c2ccc(O)nc2)cc1. The third kappa shape index (κ3) is 5.22. The quantitative estimate of drug-likeness (QED) is 0.662. The maximum absolute atomic E-state index is 9.21. The van der Waals surface area contributed by atoms with Crippen LogP contribution in [-0.2, 0) is 6.42 Å². The van der Waals surface area contributed by atoms with Gasteiger partial charge in [0.15, 0.2) is 0 Å². The molecule has 0 aliphatic carbocycles. The largest absolute Gasteiger partial charge is 0.493 e. The minimum Gasteiger partial charge on any atom is -0.493 e. The van der Waals surface area contributed by atoms with Gasteiger partial charge in [-0.15, -0.1) is 0 Å². The highest BCUT2D eigenvalue weighted by atomic mass is 16.3. The molecule has 0 atom stereocenters. The van der Waals surface area contributed by atoms with Crippen LogP contribution in [0.25, 0.3) is 11.1 Å². The van der Waals surface area contributed by atoms with Gasteiger partial charge in [-0.25, -0.2) is 4.98 Å². The molecule has 0 fully saturated rings. The van der Waals surface area contributed by atoms with E-state index < -0.39 is 0 Å². The number of rotatable bonds is 8. The average molecular weight is 283 g/mol. The summed E-state index contributed by atoms with van der Waals surface area (Å²) in [5, 5.41) is 9.21. The Bertz CT molecular complexity index is 516. The van der Waals surface area contributed by atoms with Crippen molar-refractivity contribution in [2.24, 2.45) is 0 Å². The number of unbranched alkanes of at least 4 members (excludes halogenated alkanes) is 5. The van der Waals surface area contributed by atoms with Gasteiger partial charge in [-0.1, -0.05) is 63.3 Å². The predicted molar refractivity (Wildman–Crippen MR) is 88.4 cm³/mol. The normalized spacial score (nSPS) is 10.7. The smallest absolute Gasteiger partial charge is 0.210 e. The second-order valence-electron chi connectivity index (χ2n) is 5.62. The van der Waals surface area contributed by atoms with Crippen molar-refractivity contribution < 1.29 is 5.11 Å². The van der Waals surface area contributed by atoms with Crippen LogP contribution in [0.5, 0.6) is 5.88 Å². The van der Waals surface area contributed by atoms with Crippen LogP contribution in [0.3, 0.4) is 0 Å². The lowest BCUT2D eigenvalue weighted by molar-refractivity contribution is 0.453. The van der Waals surface area contributed by atoms with Gasteiger partial charge in [-0.3, -0.25) is 0 Å². The van der Waals surface area contributed by atoms with Gasteiger partial charge in [0.1, 0.15) is 0 Å². The van der Waals surface area contributed by atoms with Crippen molar-refractivity contribution >= 4 is 0 Å². The molecule has 0 saturated heterocycles. The number of aryl methyl sites for hydroxylation is 1. The maximum atomic E-state index is 9.21. The summed E-state index contributed by atoms with van der Waals surface area (Å²) in [6, 6.07) is 12.2. The molecule has 1 N–H and O–H groups in total. The number of nitrogens with zero attached hydrogens (tertiary/aromatic N) is 1. The van der Waals surface area contributed by atoms with E-state index in [1.54, 1.807) is 12.3 Å². The third-order valence-electron chi connectivity index (χ3n) is 3.85. The van der Waals surface area contributed by atoms with Crippen molar-refractivity contribution in [1.29, 1.82) is 0 Å². The Balaban J connectivity index is 1.80. The Morgan fingerprint density at radius 3 is 2.14 bits per heavy atom. The van der Waals surface area contributed by atoms with Gasteiger partial charge in [-0.2, -0.15) is 0 Å². The van der Waals surface area contributed by atoms with E-state index in [1.165, 1.54) is 50.5 Å². The predicted octanol–water partition coefficient (Wildman–Crippen LogP) is 5.36. The van der Waals surface area contributed by atoms with E-state index in [1.807, 2.05) is 6.07 Å². The summed E-state index contributed by atoms with van der Waals surface area (Å²) in [7, 11) is 0. The molecule has 0 spiro atoms. The minimum absolute atomic E-state index is 0.0680. The van der Waals surface area contributed by atoms with Gasteiger partial charge < -0.3 is 5.11 Å². The summed E-state index contributed by atoms with van der Waals surface area (Å²) in [6.45, 7) is 2.26. The maximum Gasteiger partial charge on any atom is 0.210 e. The first-order valence-electron chi connectivity index (χ1n) is 8.04. The van der Waals surface area contributed by atoms with Crippen molar-refractivity contribution in [3.8, 4) is 17.0 Å². The summed E-state index contributed by atoms with van der Waals surface area (Å²) < 4.78 is 0. The zero-order valence-electron chi connectivity index (χ0n) is 12.9. The molecule has 1 heterocycles. The molecule has 1 aromatic heterocycles. The first-order valence-corrected chi connectivity index (χ1v) is 8.04. The zero-order chi connectivity index (χ0) is 14.9. The van der Waals surface area contributed by atoms with E-state index in [2.05, 4.69) is 36.2 Å². The molecule has 1 aromatic carbocycles. The van der Waals surface area contributed by atoms with Crippen LogP contribution in [0.15, 0.2) is 42.6 Å². The first-order chi connectivity index (χ1) is 10.3. The second-order valence-corrected chi connectivity index (χ2v) is 5.62. The van der Waals surface area contributed by atoms with Crippen molar-refractivity contribution in [3.05, 3.63) is 48.2 Å². The fourth-order valence-electron chi connectivity index (χ4n) is 2.53. The molecule has 2 nitrogen and oxygen atoms in total. The molecular formula is C19H25NO. The Labute approximate surface area is 127 Å². The van der Waals surface area contributed by atoms with E-state index in [0.29, 0.717) is 0 Å². The van der Waals surface area contributed by atoms with Gasteiger partial charge in [0.25, 0.3) is 0 Å². The number of hydrogen-bond acceptors (Lipinski definition) is 2.